The summed E-state index contributed by atoms with van der Waals surface area (Å²) >= 11 is 1.41. The van der Waals surface area contributed by atoms with Gasteiger partial charge in [0.1, 0.15) is 16.5 Å². The first kappa shape index (κ1) is 16.2. The zero-order valence-electron chi connectivity index (χ0n) is 14.1. The molecule has 0 atom stereocenters. The summed E-state index contributed by atoms with van der Waals surface area (Å²) in [4.78, 5) is 21.3. The zero-order chi connectivity index (χ0) is 18.1. The first-order chi connectivity index (χ1) is 12.6. The molecular formula is C18H15N5O2S. The van der Waals surface area contributed by atoms with E-state index in [0.717, 1.165) is 27.4 Å². The molecule has 0 aliphatic rings. The van der Waals surface area contributed by atoms with Gasteiger partial charge in [0.25, 0.3) is 5.91 Å². The lowest BCUT2D eigenvalue weighted by molar-refractivity contribution is 0.102. The van der Waals surface area contributed by atoms with Crippen molar-refractivity contribution in [2.75, 3.05) is 12.4 Å². The van der Waals surface area contributed by atoms with Gasteiger partial charge in [0, 0.05) is 16.6 Å². The second-order valence-corrected chi connectivity index (χ2v) is 6.50. The van der Waals surface area contributed by atoms with Crippen molar-refractivity contribution in [3.63, 3.8) is 0 Å². The number of anilines is 1. The Balaban J connectivity index is 1.55. The normalized spacial score (nSPS) is 10.8. The second kappa shape index (κ2) is 6.57. The third-order valence-corrected chi connectivity index (χ3v) is 4.76. The molecule has 0 saturated carbocycles. The van der Waals surface area contributed by atoms with E-state index in [1.807, 2.05) is 43.3 Å². The number of benzene rings is 1. The van der Waals surface area contributed by atoms with E-state index in [9.17, 15) is 4.79 Å². The van der Waals surface area contributed by atoms with Crippen LogP contribution in [0.3, 0.4) is 0 Å². The minimum atomic E-state index is -0.310. The van der Waals surface area contributed by atoms with Crippen LogP contribution >= 0.6 is 11.3 Å². The van der Waals surface area contributed by atoms with Gasteiger partial charge in [-0.25, -0.2) is 9.97 Å². The van der Waals surface area contributed by atoms with Crippen molar-refractivity contribution in [3.05, 3.63) is 53.2 Å². The van der Waals surface area contributed by atoms with Crippen LogP contribution in [0.1, 0.15) is 16.2 Å². The van der Waals surface area contributed by atoms with Gasteiger partial charge in [-0.3, -0.25) is 9.89 Å². The quantitative estimate of drug-likeness (QED) is 0.576. The van der Waals surface area contributed by atoms with Gasteiger partial charge < -0.3 is 10.1 Å². The molecular weight excluding hydrogens is 350 g/mol. The Labute approximate surface area is 153 Å². The molecule has 1 aromatic carbocycles. The number of rotatable bonds is 4. The number of carbonyl (C=O) groups excluding carboxylic acids is 1. The Morgan fingerprint density at radius 3 is 2.73 bits per heavy atom. The highest BCUT2D eigenvalue weighted by Gasteiger charge is 2.15. The highest BCUT2D eigenvalue weighted by molar-refractivity contribution is 7.13. The number of pyridine rings is 1. The molecule has 3 heterocycles. The number of aromatic nitrogens is 4. The number of fused-ring (bicyclic) bond motifs is 1. The van der Waals surface area contributed by atoms with Crippen LogP contribution < -0.4 is 10.1 Å². The van der Waals surface area contributed by atoms with Crippen LogP contribution in [-0.4, -0.2) is 33.2 Å². The number of hydrogen-bond acceptors (Lipinski definition) is 6. The number of aromatic amines is 1. The molecule has 0 spiro atoms. The highest BCUT2D eigenvalue weighted by Crippen LogP contribution is 2.26. The molecule has 0 aliphatic carbocycles. The summed E-state index contributed by atoms with van der Waals surface area (Å²) in [6, 6.07) is 11.3. The van der Waals surface area contributed by atoms with E-state index in [0.29, 0.717) is 17.2 Å². The molecule has 0 aliphatic heterocycles. The van der Waals surface area contributed by atoms with Crippen LogP contribution in [0.4, 0.5) is 5.82 Å². The van der Waals surface area contributed by atoms with Gasteiger partial charge in [-0.15, -0.1) is 11.3 Å². The fraction of sp³-hybridized carbons (Fsp3) is 0.111. The third kappa shape index (κ3) is 3.02. The first-order valence-corrected chi connectivity index (χ1v) is 8.75. The SMILES string of the molecule is COc1ccc(-c2nc(C(=O)Nc3n[nH]c4nc(C)ccc34)cs2)cc1. The minimum absolute atomic E-state index is 0.310. The predicted octanol–water partition coefficient (Wildman–Crippen LogP) is 3.65. The highest BCUT2D eigenvalue weighted by atomic mass is 32.1. The fourth-order valence-corrected chi connectivity index (χ4v) is 3.32. The minimum Gasteiger partial charge on any atom is -0.497 e. The van der Waals surface area contributed by atoms with Gasteiger partial charge in [-0.05, 0) is 43.3 Å². The smallest absolute Gasteiger partial charge is 0.276 e. The van der Waals surface area contributed by atoms with Crippen LogP contribution in [0.2, 0.25) is 0 Å². The van der Waals surface area contributed by atoms with Crippen molar-refractivity contribution in [3.8, 4) is 16.3 Å². The summed E-state index contributed by atoms with van der Waals surface area (Å²) in [7, 11) is 1.62. The van der Waals surface area contributed by atoms with Gasteiger partial charge in [0.05, 0.1) is 12.5 Å². The number of hydrogen-bond donors (Lipinski definition) is 2. The van der Waals surface area contributed by atoms with Crippen molar-refractivity contribution in [2.45, 2.75) is 6.92 Å². The first-order valence-electron chi connectivity index (χ1n) is 7.87. The molecule has 0 unspecified atom stereocenters. The summed E-state index contributed by atoms with van der Waals surface area (Å²) in [5.41, 5.74) is 2.79. The Kier molecular flexibility index (Phi) is 4.10. The Bertz CT molecular complexity index is 1080. The van der Waals surface area contributed by atoms with Crippen molar-refractivity contribution >= 4 is 34.1 Å². The number of nitrogens with zero attached hydrogens (tertiary/aromatic N) is 3. The molecule has 0 saturated heterocycles. The molecule has 2 N–H and O–H groups in total. The Morgan fingerprint density at radius 1 is 1.15 bits per heavy atom. The summed E-state index contributed by atoms with van der Waals surface area (Å²) in [6.45, 7) is 1.90. The number of carbonyl (C=O) groups is 1. The van der Waals surface area contributed by atoms with E-state index in [4.69, 9.17) is 4.74 Å². The Morgan fingerprint density at radius 2 is 1.96 bits per heavy atom. The molecule has 26 heavy (non-hydrogen) atoms. The maximum Gasteiger partial charge on any atom is 0.276 e. The van der Waals surface area contributed by atoms with E-state index >= 15 is 0 Å². The van der Waals surface area contributed by atoms with Crippen molar-refractivity contribution in [2.24, 2.45) is 0 Å². The molecule has 4 rings (SSSR count). The average molecular weight is 365 g/mol. The number of methoxy groups -OCH3 is 1. The number of thiazole rings is 1. The zero-order valence-corrected chi connectivity index (χ0v) is 14.9. The lowest BCUT2D eigenvalue weighted by Gasteiger charge is -2.01. The van der Waals surface area contributed by atoms with Crippen molar-refractivity contribution in [1.29, 1.82) is 0 Å². The van der Waals surface area contributed by atoms with E-state index in [-0.39, 0.29) is 5.91 Å². The molecule has 4 aromatic rings. The van der Waals surface area contributed by atoms with Gasteiger partial charge >= 0.3 is 0 Å². The summed E-state index contributed by atoms with van der Waals surface area (Å²) < 4.78 is 5.15. The summed E-state index contributed by atoms with van der Waals surface area (Å²) in [6.07, 6.45) is 0. The monoisotopic (exact) mass is 365 g/mol. The van der Waals surface area contributed by atoms with Crippen molar-refractivity contribution in [1.82, 2.24) is 20.2 Å². The molecule has 7 nitrogen and oxygen atoms in total. The van der Waals surface area contributed by atoms with Crippen LogP contribution in [0, 0.1) is 6.92 Å². The standard InChI is InChI=1S/C18H15N5O2S/c1-10-3-8-13-15(19-10)22-23-16(13)21-17(24)14-9-26-18(20-14)11-4-6-12(25-2)7-5-11/h3-9H,1-2H3,(H2,19,21,22,23,24). The van der Waals surface area contributed by atoms with E-state index in [2.05, 4.69) is 25.5 Å². The second-order valence-electron chi connectivity index (χ2n) is 5.64. The van der Waals surface area contributed by atoms with Crippen LogP contribution in [0.25, 0.3) is 21.6 Å². The third-order valence-electron chi connectivity index (χ3n) is 3.87. The van der Waals surface area contributed by atoms with Crippen LogP contribution in [0.5, 0.6) is 5.75 Å². The summed E-state index contributed by atoms with van der Waals surface area (Å²) in [5.74, 6) is 0.906. The maximum atomic E-state index is 12.5. The van der Waals surface area contributed by atoms with Gasteiger partial charge in [0.15, 0.2) is 11.5 Å². The van der Waals surface area contributed by atoms with Gasteiger partial charge in [-0.1, -0.05) is 0 Å². The fourth-order valence-electron chi connectivity index (χ4n) is 2.51. The van der Waals surface area contributed by atoms with E-state index in [1.165, 1.54) is 11.3 Å². The molecule has 0 fully saturated rings. The molecule has 0 radical (unpaired) electrons. The maximum absolute atomic E-state index is 12.5. The van der Waals surface area contributed by atoms with Gasteiger partial charge in [-0.2, -0.15) is 5.10 Å². The average Bonchev–Trinajstić information content (AvgIpc) is 3.29. The van der Waals surface area contributed by atoms with Crippen LogP contribution in [-0.2, 0) is 0 Å². The van der Waals surface area contributed by atoms with Crippen LogP contribution in [0.15, 0.2) is 41.8 Å². The predicted molar refractivity (Wildman–Crippen MR) is 101 cm³/mol. The molecule has 8 heteroatoms. The Hall–Kier alpha value is -3.26. The number of ether oxygens (including phenoxy) is 1. The van der Waals surface area contributed by atoms with Gasteiger partial charge in [0.2, 0.25) is 0 Å². The summed E-state index contributed by atoms with van der Waals surface area (Å²) in [5, 5.41) is 13.0. The molecule has 1 amide bonds. The van der Waals surface area contributed by atoms with Crippen molar-refractivity contribution < 1.29 is 9.53 Å². The molecule has 0 bridgehead atoms. The van der Waals surface area contributed by atoms with E-state index < -0.39 is 0 Å². The molecule has 3 aromatic heterocycles. The lowest BCUT2D eigenvalue weighted by Crippen LogP contribution is -2.12. The largest absolute Gasteiger partial charge is 0.497 e. The molecule has 130 valence electrons. The number of amides is 1. The van der Waals surface area contributed by atoms with E-state index in [1.54, 1.807) is 12.5 Å². The number of nitrogens with one attached hydrogen (secondary N) is 2. The number of H-pyrrole nitrogens is 1. The lowest BCUT2D eigenvalue weighted by atomic mass is 10.2. The number of aryl methyl sites for hydroxylation is 1. The topological polar surface area (TPSA) is 92.8 Å².